The van der Waals surface area contributed by atoms with Crippen LogP contribution in [0.25, 0.3) is 0 Å². The molecule has 0 atom stereocenters. The Balaban J connectivity index is 4.49. The average molecular weight is 275 g/mol. The Kier molecular flexibility index (Phi) is 6.55. The van der Waals surface area contributed by atoms with E-state index in [0.29, 0.717) is 0 Å². The summed E-state index contributed by atoms with van der Waals surface area (Å²) in [7, 11) is -1.97. The van der Waals surface area contributed by atoms with Gasteiger partial charge in [0.25, 0.3) is 8.32 Å². The normalized spacial score (nSPS) is 13.7. The lowest BCUT2D eigenvalue weighted by atomic mass is 10.2. The van der Waals surface area contributed by atoms with Crippen molar-refractivity contribution >= 4 is 26.0 Å². The molecule has 2 nitrogen and oxygen atoms in total. The van der Waals surface area contributed by atoms with E-state index in [1.807, 2.05) is 13.0 Å². The summed E-state index contributed by atoms with van der Waals surface area (Å²) in [6.45, 7) is 12.5. The molecule has 100 valence electrons. The first-order chi connectivity index (χ1) is 7.62. The summed E-state index contributed by atoms with van der Waals surface area (Å²) in [5.74, 6) is 0.905. The van der Waals surface area contributed by atoms with Crippen LogP contribution in [0.1, 0.15) is 34.1 Å². The van der Waals surface area contributed by atoms with Crippen LogP contribution in [0.3, 0.4) is 0 Å². The zero-order valence-electron chi connectivity index (χ0n) is 12.2. The van der Waals surface area contributed by atoms with Crippen molar-refractivity contribution in [2.24, 2.45) is 0 Å². The van der Waals surface area contributed by atoms with Crippen LogP contribution in [-0.4, -0.2) is 26.3 Å². The van der Waals surface area contributed by atoms with E-state index in [0.717, 1.165) is 17.7 Å². The van der Waals surface area contributed by atoms with Gasteiger partial charge in [0.2, 0.25) is 0 Å². The molecule has 0 aromatic carbocycles. The highest BCUT2D eigenvalue weighted by molar-refractivity contribution is 7.98. The smallest absolute Gasteiger partial charge is 0.320 e. The highest BCUT2D eigenvalue weighted by Gasteiger charge is 2.40. The molecule has 0 saturated carbocycles. The minimum absolute atomic E-state index is 0.0716. The van der Waals surface area contributed by atoms with Gasteiger partial charge in [-0.2, -0.15) is 11.8 Å². The quantitative estimate of drug-likeness (QED) is 0.426. The molecule has 17 heavy (non-hydrogen) atoms. The lowest BCUT2D eigenvalue weighted by Crippen LogP contribution is -2.42. The molecule has 0 aromatic rings. The fourth-order valence-corrected chi connectivity index (χ4v) is 2.23. The summed E-state index contributed by atoms with van der Waals surface area (Å²) in [6, 6.07) is 0. The third-order valence-electron chi connectivity index (χ3n) is 3.25. The topological polar surface area (TPSA) is 26.3 Å². The first kappa shape index (κ1) is 16.8. The molecule has 4 heteroatoms. The molecule has 0 rings (SSSR count). The third-order valence-corrected chi connectivity index (χ3v) is 8.20. The minimum atomic E-state index is -1.97. The summed E-state index contributed by atoms with van der Waals surface area (Å²) in [6.07, 6.45) is 4.97. The number of hydrogen-bond acceptors (Lipinski definition) is 3. The Morgan fingerprint density at radius 1 is 1.35 bits per heavy atom. The summed E-state index contributed by atoms with van der Waals surface area (Å²) in [5.41, 5.74) is 0.740. The molecule has 0 aromatic heterocycles. The number of carbonyl (C=O) groups excluding carboxylic acids is 1. The summed E-state index contributed by atoms with van der Waals surface area (Å²) < 4.78 is 5.72. The molecule has 0 radical (unpaired) electrons. The third kappa shape index (κ3) is 5.77. The van der Waals surface area contributed by atoms with Gasteiger partial charge in [-0.15, -0.1) is 0 Å². The van der Waals surface area contributed by atoms with Crippen molar-refractivity contribution in [2.75, 3.05) is 12.0 Å². The zero-order chi connectivity index (χ0) is 13.7. The second kappa shape index (κ2) is 6.64. The Morgan fingerprint density at radius 2 is 1.88 bits per heavy atom. The van der Waals surface area contributed by atoms with Gasteiger partial charge in [-0.3, -0.25) is 0 Å². The number of thioether (sulfide) groups is 1. The van der Waals surface area contributed by atoms with E-state index >= 15 is 0 Å². The van der Waals surface area contributed by atoms with E-state index < -0.39 is 8.32 Å². The zero-order valence-corrected chi connectivity index (χ0v) is 14.0. The Bertz CT molecular complexity index is 290. The minimum Gasteiger partial charge on any atom is -0.516 e. The van der Waals surface area contributed by atoms with Crippen LogP contribution in [0, 0.1) is 0 Å². The highest BCUT2D eigenvalue weighted by atomic mass is 32.2. The van der Waals surface area contributed by atoms with E-state index in [1.165, 1.54) is 0 Å². The number of allylic oxidation sites excluding steroid dienone is 1. The fraction of sp³-hybridized carbons (Fsp3) is 0.769. The predicted molar refractivity (Wildman–Crippen MR) is 80.0 cm³/mol. The van der Waals surface area contributed by atoms with Crippen molar-refractivity contribution in [3.63, 3.8) is 0 Å². The van der Waals surface area contributed by atoms with Gasteiger partial charge in [0.05, 0.1) is 0 Å². The molecule has 0 aliphatic rings. The molecule has 0 fully saturated rings. The van der Waals surface area contributed by atoms with E-state index in [1.54, 1.807) is 11.8 Å². The molecular weight excluding hydrogens is 248 g/mol. The van der Waals surface area contributed by atoms with Crippen molar-refractivity contribution in [2.45, 2.75) is 52.2 Å². The second-order valence-corrected chi connectivity index (χ2v) is 11.5. The largest absolute Gasteiger partial charge is 0.516 e. The van der Waals surface area contributed by atoms with Gasteiger partial charge in [0.1, 0.15) is 0 Å². The molecule has 0 unspecified atom stereocenters. The standard InChI is InChI=1S/C13H26O2SSi/c1-11(9-8-10-16-5)12(14)15-17(6,7)13(2,3)4/h9H,8,10H2,1-7H3/b11-9+. The van der Waals surface area contributed by atoms with Crippen LogP contribution in [0.4, 0.5) is 0 Å². The van der Waals surface area contributed by atoms with Crippen LogP contribution in [-0.2, 0) is 9.22 Å². The maximum Gasteiger partial charge on any atom is 0.320 e. The van der Waals surface area contributed by atoms with Crippen molar-refractivity contribution < 1.29 is 9.22 Å². The Hall–Kier alpha value is -0.223. The summed E-state index contributed by atoms with van der Waals surface area (Å²) in [5, 5.41) is 0.0716. The lowest BCUT2D eigenvalue weighted by Gasteiger charge is -2.35. The molecule has 0 saturated heterocycles. The summed E-state index contributed by atoms with van der Waals surface area (Å²) in [4.78, 5) is 11.9. The molecule has 0 aliphatic carbocycles. The monoisotopic (exact) mass is 274 g/mol. The van der Waals surface area contributed by atoms with E-state index in [2.05, 4.69) is 40.1 Å². The van der Waals surface area contributed by atoms with Gasteiger partial charge < -0.3 is 4.43 Å². The maximum atomic E-state index is 11.9. The highest BCUT2D eigenvalue weighted by Crippen LogP contribution is 2.36. The van der Waals surface area contributed by atoms with Gasteiger partial charge in [-0.25, -0.2) is 4.79 Å². The number of hydrogen-bond donors (Lipinski definition) is 0. The number of rotatable bonds is 5. The average Bonchev–Trinajstić information content (AvgIpc) is 2.15. The van der Waals surface area contributed by atoms with E-state index in [-0.39, 0.29) is 11.0 Å². The van der Waals surface area contributed by atoms with Crippen LogP contribution in [0.2, 0.25) is 18.1 Å². The van der Waals surface area contributed by atoms with Gasteiger partial charge in [-0.05, 0) is 43.5 Å². The van der Waals surface area contributed by atoms with Gasteiger partial charge >= 0.3 is 5.97 Å². The van der Waals surface area contributed by atoms with E-state index in [9.17, 15) is 4.79 Å². The molecule has 0 N–H and O–H groups in total. The van der Waals surface area contributed by atoms with Gasteiger partial charge in [0.15, 0.2) is 0 Å². The van der Waals surface area contributed by atoms with E-state index in [4.69, 9.17) is 4.43 Å². The van der Waals surface area contributed by atoms with Crippen LogP contribution in [0.5, 0.6) is 0 Å². The molecule has 0 spiro atoms. The molecular formula is C13H26O2SSi. The first-order valence-corrected chi connectivity index (χ1v) is 10.3. The predicted octanol–water partition coefficient (Wildman–Crippen LogP) is 4.23. The van der Waals surface area contributed by atoms with Crippen LogP contribution >= 0.6 is 11.8 Å². The number of carbonyl (C=O) groups is 1. The Morgan fingerprint density at radius 3 is 2.29 bits per heavy atom. The Labute approximate surface area is 111 Å². The van der Waals surface area contributed by atoms with Crippen molar-refractivity contribution in [1.82, 2.24) is 0 Å². The molecule has 0 amide bonds. The van der Waals surface area contributed by atoms with Crippen molar-refractivity contribution in [3.05, 3.63) is 11.6 Å². The molecule has 0 bridgehead atoms. The van der Waals surface area contributed by atoms with Crippen LogP contribution < -0.4 is 0 Å². The van der Waals surface area contributed by atoms with Gasteiger partial charge in [0, 0.05) is 5.57 Å². The fourth-order valence-electron chi connectivity index (χ4n) is 0.942. The van der Waals surface area contributed by atoms with Crippen LogP contribution in [0.15, 0.2) is 11.6 Å². The maximum absolute atomic E-state index is 11.9. The molecule has 0 heterocycles. The second-order valence-electron chi connectivity index (χ2n) is 5.82. The lowest BCUT2D eigenvalue weighted by molar-refractivity contribution is -0.131. The van der Waals surface area contributed by atoms with Crippen molar-refractivity contribution in [3.8, 4) is 0 Å². The molecule has 0 aliphatic heterocycles. The van der Waals surface area contributed by atoms with Crippen molar-refractivity contribution in [1.29, 1.82) is 0 Å². The van der Waals surface area contributed by atoms with Gasteiger partial charge in [-0.1, -0.05) is 26.8 Å². The first-order valence-electron chi connectivity index (χ1n) is 6.01. The SMILES string of the molecule is CSCC/C=C(\C)C(=O)O[Si](C)(C)C(C)(C)C. The summed E-state index contributed by atoms with van der Waals surface area (Å²) >= 11 is 1.78.